The minimum absolute atomic E-state index is 0.240. The predicted molar refractivity (Wildman–Crippen MR) is 59.7 cm³/mol. The van der Waals surface area contributed by atoms with Gasteiger partial charge in [0.15, 0.2) is 0 Å². The van der Waals surface area contributed by atoms with Crippen LogP contribution in [0.25, 0.3) is 0 Å². The number of benzene rings is 1. The van der Waals surface area contributed by atoms with E-state index in [0.29, 0.717) is 5.56 Å². The van der Waals surface area contributed by atoms with E-state index in [1.54, 1.807) is 24.3 Å². The van der Waals surface area contributed by atoms with Crippen molar-refractivity contribution < 1.29 is 14.3 Å². The highest BCUT2D eigenvalue weighted by Gasteiger charge is 2.15. The molecule has 0 spiro atoms. The quantitative estimate of drug-likeness (QED) is 0.779. The second-order valence-corrected chi connectivity index (χ2v) is 3.75. The maximum Gasteiger partial charge on any atom is 0.337 e. The third-order valence-electron chi connectivity index (χ3n) is 2.59. The Hall–Kier alpha value is -1.55. The highest BCUT2D eigenvalue weighted by atomic mass is 16.5. The van der Waals surface area contributed by atoms with Crippen LogP contribution in [0.3, 0.4) is 0 Å². The first-order valence-electron chi connectivity index (χ1n) is 5.35. The third kappa shape index (κ3) is 2.52. The number of methoxy groups -OCH3 is 1. The molecule has 0 bridgehead atoms. The lowest BCUT2D eigenvalue weighted by molar-refractivity contribution is 0.0600. The first-order valence-corrected chi connectivity index (χ1v) is 5.35. The van der Waals surface area contributed by atoms with E-state index in [1.807, 2.05) is 0 Å². The molecule has 1 aromatic rings. The van der Waals surface area contributed by atoms with Gasteiger partial charge in [0.05, 0.1) is 12.7 Å². The predicted octanol–water partition coefficient (Wildman–Crippen LogP) is 1.21. The van der Waals surface area contributed by atoms with Crippen LogP contribution in [0.2, 0.25) is 0 Å². The molecule has 0 aromatic heterocycles. The average Bonchev–Trinajstić information content (AvgIpc) is 2.82. The molecule has 1 heterocycles. The molecule has 1 aliphatic rings. The van der Waals surface area contributed by atoms with E-state index >= 15 is 0 Å². The first-order chi connectivity index (χ1) is 7.79. The number of rotatable bonds is 3. The molecule has 1 saturated heterocycles. The maximum atomic E-state index is 11.2. The van der Waals surface area contributed by atoms with Gasteiger partial charge < -0.3 is 14.8 Å². The van der Waals surface area contributed by atoms with Crippen molar-refractivity contribution in [3.63, 3.8) is 0 Å². The summed E-state index contributed by atoms with van der Waals surface area (Å²) < 4.78 is 10.3. The van der Waals surface area contributed by atoms with E-state index in [9.17, 15) is 4.79 Å². The molecule has 1 aliphatic heterocycles. The van der Waals surface area contributed by atoms with Gasteiger partial charge in [-0.3, -0.25) is 0 Å². The van der Waals surface area contributed by atoms with Gasteiger partial charge in [0.2, 0.25) is 0 Å². The Morgan fingerprint density at radius 2 is 2.12 bits per heavy atom. The fourth-order valence-electron chi connectivity index (χ4n) is 1.71. The van der Waals surface area contributed by atoms with Crippen LogP contribution in [0, 0.1) is 0 Å². The van der Waals surface area contributed by atoms with Crippen LogP contribution >= 0.6 is 0 Å². The van der Waals surface area contributed by atoms with Crippen molar-refractivity contribution in [3.8, 4) is 5.75 Å². The van der Waals surface area contributed by atoms with Crippen LogP contribution in [-0.2, 0) is 4.74 Å². The van der Waals surface area contributed by atoms with Gasteiger partial charge in [0.1, 0.15) is 11.9 Å². The zero-order valence-electron chi connectivity index (χ0n) is 9.23. The van der Waals surface area contributed by atoms with Gasteiger partial charge in [-0.2, -0.15) is 0 Å². The van der Waals surface area contributed by atoms with E-state index in [-0.39, 0.29) is 12.1 Å². The summed E-state index contributed by atoms with van der Waals surface area (Å²) in [5.41, 5.74) is 0.541. The van der Waals surface area contributed by atoms with Gasteiger partial charge in [0.25, 0.3) is 0 Å². The molecule has 1 atom stereocenters. The number of hydrogen-bond acceptors (Lipinski definition) is 4. The molecule has 1 fully saturated rings. The molecule has 1 aromatic carbocycles. The summed E-state index contributed by atoms with van der Waals surface area (Å²) in [6.45, 7) is 1.89. The average molecular weight is 221 g/mol. The third-order valence-corrected chi connectivity index (χ3v) is 2.59. The van der Waals surface area contributed by atoms with Crippen LogP contribution in [0.15, 0.2) is 24.3 Å². The lowest BCUT2D eigenvalue weighted by Crippen LogP contribution is -2.19. The highest BCUT2D eigenvalue weighted by Crippen LogP contribution is 2.16. The fourth-order valence-corrected chi connectivity index (χ4v) is 1.71. The molecule has 86 valence electrons. The van der Waals surface area contributed by atoms with Crippen molar-refractivity contribution in [1.82, 2.24) is 5.32 Å². The number of esters is 1. The Morgan fingerprint density at radius 1 is 1.38 bits per heavy atom. The Kier molecular flexibility index (Phi) is 3.41. The normalized spacial score (nSPS) is 19.4. The van der Waals surface area contributed by atoms with Crippen LogP contribution < -0.4 is 10.1 Å². The van der Waals surface area contributed by atoms with Crippen molar-refractivity contribution in [2.45, 2.75) is 12.5 Å². The van der Waals surface area contributed by atoms with E-state index in [1.165, 1.54) is 7.11 Å². The molecule has 0 unspecified atom stereocenters. The molecule has 0 amide bonds. The van der Waals surface area contributed by atoms with Crippen LogP contribution in [0.5, 0.6) is 5.75 Å². The Morgan fingerprint density at radius 3 is 2.69 bits per heavy atom. The van der Waals surface area contributed by atoms with Crippen molar-refractivity contribution in [2.24, 2.45) is 0 Å². The van der Waals surface area contributed by atoms with Crippen LogP contribution in [0.1, 0.15) is 16.8 Å². The minimum Gasteiger partial charge on any atom is -0.489 e. The standard InChI is InChI=1S/C12H15NO3/c1-15-12(14)9-2-4-10(5-3-9)16-11-6-7-13-8-11/h2-5,11,13H,6-8H2,1H3/t11-/m1/s1. The van der Waals surface area contributed by atoms with Crippen molar-refractivity contribution in [2.75, 3.05) is 20.2 Å². The summed E-state index contributed by atoms with van der Waals surface area (Å²) in [7, 11) is 1.37. The molecule has 4 heteroatoms. The zero-order chi connectivity index (χ0) is 11.4. The van der Waals surface area contributed by atoms with E-state index < -0.39 is 0 Å². The number of nitrogens with one attached hydrogen (secondary N) is 1. The van der Waals surface area contributed by atoms with Gasteiger partial charge in [-0.25, -0.2) is 4.79 Å². The monoisotopic (exact) mass is 221 g/mol. The van der Waals surface area contributed by atoms with E-state index in [2.05, 4.69) is 10.1 Å². The second-order valence-electron chi connectivity index (χ2n) is 3.75. The van der Waals surface area contributed by atoms with Gasteiger partial charge in [0, 0.05) is 6.54 Å². The maximum absolute atomic E-state index is 11.2. The lowest BCUT2D eigenvalue weighted by atomic mass is 10.2. The molecular formula is C12H15NO3. The van der Waals surface area contributed by atoms with Crippen molar-refractivity contribution in [1.29, 1.82) is 0 Å². The topological polar surface area (TPSA) is 47.6 Å². The lowest BCUT2D eigenvalue weighted by Gasteiger charge is -2.12. The second kappa shape index (κ2) is 4.99. The summed E-state index contributed by atoms with van der Waals surface area (Å²) in [4.78, 5) is 11.2. The summed E-state index contributed by atoms with van der Waals surface area (Å²) in [5.74, 6) is 0.468. The molecule has 2 rings (SSSR count). The van der Waals surface area contributed by atoms with Crippen molar-refractivity contribution >= 4 is 5.97 Å². The van der Waals surface area contributed by atoms with Crippen molar-refractivity contribution in [3.05, 3.63) is 29.8 Å². The molecule has 0 saturated carbocycles. The highest BCUT2D eigenvalue weighted by molar-refractivity contribution is 5.89. The zero-order valence-corrected chi connectivity index (χ0v) is 9.23. The molecule has 4 nitrogen and oxygen atoms in total. The fraction of sp³-hybridized carbons (Fsp3) is 0.417. The molecule has 0 radical (unpaired) electrons. The SMILES string of the molecule is COC(=O)c1ccc(O[C@@H]2CCNC2)cc1. The number of carbonyl (C=O) groups is 1. The number of carbonyl (C=O) groups excluding carboxylic acids is 1. The molecule has 1 N–H and O–H groups in total. The summed E-state index contributed by atoms with van der Waals surface area (Å²) >= 11 is 0. The van der Waals surface area contributed by atoms with Gasteiger partial charge >= 0.3 is 5.97 Å². The van der Waals surface area contributed by atoms with Gasteiger partial charge in [-0.05, 0) is 37.2 Å². The molecular weight excluding hydrogens is 206 g/mol. The smallest absolute Gasteiger partial charge is 0.337 e. The van der Waals surface area contributed by atoms with Gasteiger partial charge in [-0.15, -0.1) is 0 Å². The Bertz CT molecular complexity index is 355. The first kappa shape index (κ1) is 11.0. The molecule has 0 aliphatic carbocycles. The van der Waals surface area contributed by atoms with Gasteiger partial charge in [-0.1, -0.05) is 0 Å². The van der Waals surface area contributed by atoms with E-state index in [4.69, 9.17) is 4.74 Å². The number of ether oxygens (including phenoxy) is 2. The molecule has 16 heavy (non-hydrogen) atoms. The summed E-state index contributed by atoms with van der Waals surface area (Å²) in [5, 5.41) is 3.23. The minimum atomic E-state index is -0.325. The summed E-state index contributed by atoms with van der Waals surface area (Å²) in [6.07, 6.45) is 1.27. The Labute approximate surface area is 94.6 Å². The van der Waals surface area contributed by atoms with Crippen LogP contribution in [0.4, 0.5) is 0 Å². The Balaban J connectivity index is 1.98. The summed E-state index contributed by atoms with van der Waals surface area (Å²) in [6, 6.07) is 7.02. The number of hydrogen-bond donors (Lipinski definition) is 1. The van der Waals surface area contributed by atoms with E-state index in [0.717, 1.165) is 25.3 Å². The van der Waals surface area contributed by atoms with Crippen LogP contribution in [-0.4, -0.2) is 32.3 Å². The largest absolute Gasteiger partial charge is 0.489 e.